The Morgan fingerprint density at radius 3 is 2.38 bits per heavy atom. The molecule has 0 aromatic heterocycles. The Labute approximate surface area is 158 Å². The van der Waals surface area contributed by atoms with Crippen molar-refractivity contribution in [1.29, 1.82) is 0 Å². The highest BCUT2D eigenvalue weighted by Gasteiger charge is 2.42. The normalized spacial score (nSPS) is 24.7. The van der Waals surface area contributed by atoms with E-state index in [4.69, 9.17) is 4.74 Å². The lowest BCUT2D eigenvalue weighted by atomic mass is 9.94. The van der Waals surface area contributed by atoms with E-state index in [-0.39, 0.29) is 18.2 Å². The Kier molecular flexibility index (Phi) is 6.95. The van der Waals surface area contributed by atoms with Gasteiger partial charge in [0, 0.05) is 6.54 Å². The first-order valence-electron chi connectivity index (χ1n) is 10.4. The third kappa shape index (κ3) is 5.00. The molecule has 2 aliphatic heterocycles. The van der Waals surface area contributed by atoms with Crippen LogP contribution in [0.3, 0.4) is 0 Å². The van der Waals surface area contributed by atoms with Gasteiger partial charge >= 0.3 is 6.09 Å². The topological polar surface area (TPSA) is 32.8 Å². The van der Waals surface area contributed by atoms with Crippen LogP contribution in [0.2, 0.25) is 0 Å². The number of benzene rings is 1. The minimum absolute atomic E-state index is 0.135. The fourth-order valence-electron chi connectivity index (χ4n) is 4.30. The average Bonchev–Trinajstić information content (AvgIpc) is 2.80. The van der Waals surface area contributed by atoms with E-state index in [0.717, 1.165) is 31.5 Å². The molecule has 1 aromatic carbocycles. The number of nitrogens with zero attached hydrogens (tertiary/aromatic N) is 2. The number of rotatable bonds is 7. The number of amides is 1. The second-order valence-electron chi connectivity index (χ2n) is 8.21. The third-order valence-corrected chi connectivity index (χ3v) is 5.63. The Hall–Kier alpha value is -1.55. The van der Waals surface area contributed by atoms with Gasteiger partial charge in [0.2, 0.25) is 0 Å². The summed E-state index contributed by atoms with van der Waals surface area (Å²) >= 11 is 0. The van der Waals surface area contributed by atoms with Crippen molar-refractivity contribution in [3.05, 3.63) is 35.9 Å². The maximum atomic E-state index is 12.6. The van der Waals surface area contributed by atoms with Crippen LogP contribution >= 0.6 is 0 Å². The number of cyclic esters (lactones) is 1. The zero-order valence-electron chi connectivity index (χ0n) is 16.4. The third-order valence-electron chi connectivity index (χ3n) is 5.63. The molecule has 0 N–H and O–H groups in total. The van der Waals surface area contributed by atoms with Gasteiger partial charge in [-0.15, -0.1) is 0 Å². The second kappa shape index (κ2) is 9.40. The first kappa shape index (κ1) is 19.2. The Bertz CT molecular complexity index is 553. The van der Waals surface area contributed by atoms with Gasteiger partial charge < -0.3 is 14.5 Å². The van der Waals surface area contributed by atoms with E-state index < -0.39 is 0 Å². The molecule has 26 heavy (non-hydrogen) atoms. The molecule has 4 nitrogen and oxygen atoms in total. The fourth-order valence-corrected chi connectivity index (χ4v) is 4.30. The van der Waals surface area contributed by atoms with Crippen LogP contribution in [-0.2, 0) is 4.74 Å². The Morgan fingerprint density at radius 2 is 1.73 bits per heavy atom. The predicted octanol–water partition coefficient (Wildman–Crippen LogP) is 4.86. The van der Waals surface area contributed by atoms with Gasteiger partial charge in [-0.25, -0.2) is 4.79 Å². The van der Waals surface area contributed by atoms with E-state index in [9.17, 15) is 4.79 Å². The summed E-state index contributed by atoms with van der Waals surface area (Å²) in [6.45, 7) is 8.77. The Morgan fingerprint density at radius 1 is 1.04 bits per heavy atom. The molecule has 2 aliphatic rings. The van der Waals surface area contributed by atoms with Crippen molar-refractivity contribution in [2.24, 2.45) is 5.92 Å². The molecule has 2 saturated heterocycles. The van der Waals surface area contributed by atoms with Crippen LogP contribution in [0, 0.1) is 5.92 Å². The lowest BCUT2D eigenvalue weighted by molar-refractivity contribution is 0.128. The molecule has 0 unspecified atom stereocenters. The molecule has 2 fully saturated rings. The van der Waals surface area contributed by atoms with Crippen LogP contribution in [0.1, 0.15) is 64.0 Å². The molecule has 2 heterocycles. The molecule has 2 atom stereocenters. The summed E-state index contributed by atoms with van der Waals surface area (Å²) in [5.41, 5.74) is 1.11. The van der Waals surface area contributed by atoms with Gasteiger partial charge in [-0.2, -0.15) is 0 Å². The highest BCUT2D eigenvalue weighted by molar-refractivity contribution is 5.71. The summed E-state index contributed by atoms with van der Waals surface area (Å²) in [4.78, 5) is 17.1. The first-order valence-corrected chi connectivity index (χ1v) is 10.4. The summed E-state index contributed by atoms with van der Waals surface area (Å²) in [6.07, 6.45) is 7.11. The second-order valence-corrected chi connectivity index (χ2v) is 8.21. The van der Waals surface area contributed by atoms with Crippen molar-refractivity contribution in [2.45, 2.75) is 64.5 Å². The quantitative estimate of drug-likeness (QED) is 0.698. The number of carbonyl (C=O) groups excluding carboxylic acids is 1. The molecule has 4 heteroatoms. The van der Waals surface area contributed by atoms with E-state index >= 15 is 0 Å². The monoisotopic (exact) mass is 358 g/mol. The molecule has 0 radical (unpaired) electrons. The SMILES string of the molecule is CC(C)C[C@@H]1[C@H](c2ccccc2)OC(=O)N1CCCN1CCCCCC1. The van der Waals surface area contributed by atoms with Crippen molar-refractivity contribution in [3.8, 4) is 0 Å². The predicted molar refractivity (Wildman–Crippen MR) is 105 cm³/mol. The molecule has 144 valence electrons. The van der Waals surface area contributed by atoms with E-state index in [2.05, 4.69) is 30.9 Å². The number of ether oxygens (including phenoxy) is 1. The van der Waals surface area contributed by atoms with Gasteiger partial charge in [-0.3, -0.25) is 0 Å². The number of carbonyl (C=O) groups is 1. The van der Waals surface area contributed by atoms with E-state index in [1.807, 2.05) is 23.1 Å². The van der Waals surface area contributed by atoms with Crippen LogP contribution in [0.15, 0.2) is 30.3 Å². The van der Waals surface area contributed by atoms with Gasteiger partial charge in [0.05, 0.1) is 6.04 Å². The van der Waals surface area contributed by atoms with Gasteiger partial charge in [0.25, 0.3) is 0 Å². The molecule has 1 aromatic rings. The maximum absolute atomic E-state index is 12.6. The number of likely N-dealkylation sites (tertiary alicyclic amines) is 1. The molecule has 0 bridgehead atoms. The minimum Gasteiger partial charge on any atom is -0.439 e. The summed E-state index contributed by atoms with van der Waals surface area (Å²) in [5.74, 6) is 0.536. The van der Waals surface area contributed by atoms with E-state index in [0.29, 0.717) is 5.92 Å². The van der Waals surface area contributed by atoms with Crippen molar-refractivity contribution in [3.63, 3.8) is 0 Å². The molecule has 1 amide bonds. The van der Waals surface area contributed by atoms with Crippen LogP contribution in [0.5, 0.6) is 0 Å². The molecular weight excluding hydrogens is 324 g/mol. The molecule has 0 aliphatic carbocycles. The van der Waals surface area contributed by atoms with Crippen LogP contribution in [-0.4, -0.2) is 48.1 Å². The summed E-state index contributed by atoms with van der Waals surface area (Å²) in [6, 6.07) is 10.4. The highest BCUT2D eigenvalue weighted by atomic mass is 16.6. The lowest BCUT2D eigenvalue weighted by Crippen LogP contribution is -2.37. The van der Waals surface area contributed by atoms with E-state index in [1.165, 1.54) is 38.8 Å². The van der Waals surface area contributed by atoms with Crippen LogP contribution in [0.25, 0.3) is 0 Å². The van der Waals surface area contributed by atoms with Crippen molar-refractivity contribution in [1.82, 2.24) is 9.80 Å². The smallest absolute Gasteiger partial charge is 0.410 e. The number of hydrogen-bond donors (Lipinski definition) is 0. The van der Waals surface area contributed by atoms with E-state index in [1.54, 1.807) is 0 Å². The van der Waals surface area contributed by atoms with Crippen molar-refractivity contribution >= 4 is 6.09 Å². The lowest BCUT2D eigenvalue weighted by Gasteiger charge is -2.27. The maximum Gasteiger partial charge on any atom is 0.410 e. The molecule has 0 spiro atoms. The minimum atomic E-state index is -0.139. The summed E-state index contributed by atoms with van der Waals surface area (Å²) in [7, 11) is 0. The summed E-state index contributed by atoms with van der Waals surface area (Å²) < 4.78 is 5.81. The Balaban J connectivity index is 1.61. The number of hydrogen-bond acceptors (Lipinski definition) is 3. The zero-order valence-corrected chi connectivity index (χ0v) is 16.4. The van der Waals surface area contributed by atoms with Crippen LogP contribution in [0.4, 0.5) is 4.79 Å². The molecular formula is C22H34N2O2. The zero-order chi connectivity index (χ0) is 18.4. The van der Waals surface area contributed by atoms with Crippen molar-refractivity contribution < 1.29 is 9.53 Å². The van der Waals surface area contributed by atoms with Gasteiger partial charge in [0.15, 0.2) is 0 Å². The molecule has 0 saturated carbocycles. The average molecular weight is 359 g/mol. The van der Waals surface area contributed by atoms with Gasteiger partial charge in [-0.1, -0.05) is 57.0 Å². The van der Waals surface area contributed by atoms with Crippen LogP contribution < -0.4 is 0 Å². The fraction of sp³-hybridized carbons (Fsp3) is 0.682. The van der Waals surface area contributed by atoms with Crippen molar-refractivity contribution in [2.75, 3.05) is 26.2 Å². The largest absolute Gasteiger partial charge is 0.439 e. The summed E-state index contributed by atoms with van der Waals surface area (Å²) in [5, 5.41) is 0. The standard InChI is InChI=1S/C22H34N2O2/c1-18(2)17-20-21(19-11-6-5-7-12-19)26-22(25)24(20)16-10-15-23-13-8-3-4-9-14-23/h5-7,11-12,18,20-21H,3-4,8-10,13-17H2,1-2H3/t20-,21+/m1/s1. The molecule has 3 rings (SSSR count). The van der Waals surface area contributed by atoms with Gasteiger partial charge in [0.1, 0.15) is 6.10 Å². The first-order chi connectivity index (χ1) is 12.6. The highest BCUT2D eigenvalue weighted by Crippen LogP contribution is 2.36. The van der Waals surface area contributed by atoms with Gasteiger partial charge in [-0.05, 0) is 56.8 Å².